The molecule has 2 aromatic rings. The molecule has 1 aliphatic rings. The second kappa shape index (κ2) is 5.83. The Balaban J connectivity index is 1.78. The first-order valence-electron chi connectivity index (χ1n) is 6.52. The molecule has 0 atom stereocenters. The number of anilines is 1. The van der Waals surface area contributed by atoms with Crippen molar-refractivity contribution in [3.8, 4) is 0 Å². The zero-order valence-corrected chi connectivity index (χ0v) is 12.7. The SMILES string of the molecule is O=C1Cc2c(CNCc3ccco3)cc(Br)cc2NC1=O. The van der Waals surface area contributed by atoms with E-state index in [0.717, 1.165) is 21.4 Å². The Labute approximate surface area is 129 Å². The third kappa shape index (κ3) is 3.06. The fourth-order valence-corrected chi connectivity index (χ4v) is 2.84. The van der Waals surface area contributed by atoms with Gasteiger partial charge in [0.2, 0.25) is 5.78 Å². The molecule has 108 valence electrons. The standard InChI is InChI=1S/C15H13BrN2O3/c16-10-4-9(7-17-8-11-2-1-3-21-11)12-6-14(19)15(20)18-13(12)5-10/h1-5,17H,6-8H2,(H,18,20). The first-order chi connectivity index (χ1) is 10.1. The van der Waals surface area contributed by atoms with Gasteiger partial charge in [-0.3, -0.25) is 9.59 Å². The van der Waals surface area contributed by atoms with Gasteiger partial charge in [-0.2, -0.15) is 0 Å². The number of nitrogens with one attached hydrogen (secondary N) is 2. The van der Waals surface area contributed by atoms with Crippen LogP contribution in [-0.2, 0) is 29.1 Å². The lowest BCUT2D eigenvalue weighted by Gasteiger charge is -2.20. The molecule has 5 nitrogen and oxygen atoms in total. The van der Waals surface area contributed by atoms with E-state index in [4.69, 9.17) is 4.42 Å². The molecule has 2 heterocycles. The largest absolute Gasteiger partial charge is 0.468 e. The number of hydrogen-bond donors (Lipinski definition) is 2. The number of ketones is 1. The van der Waals surface area contributed by atoms with Crippen LogP contribution in [0.25, 0.3) is 0 Å². The molecule has 1 aliphatic heterocycles. The summed E-state index contributed by atoms with van der Waals surface area (Å²) >= 11 is 3.42. The van der Waals surface area contributed by atoms with Crippen molar-refractivity contribution in [1.29, 1.82) is 0 Å². The molecule has 0 aliphatic carbocycles. The van der Waals surface area contributed by atoms with E-state index in [1.807, 2.05) is 24.3 Å². The molecule has 1 aromatic heterocycles. The second-order valence-corrected chi connectivity index (χ2v) is 5.74. The van der Waals surface area contributed by atoms with Crippen LogP contribution in [0.15, 0.2) is 39.4 Å². The molecule has 0 spiro atoms. The summed E-state index contributed by atoms with van der Waals surface area (Å²) < 4.78 is 6.12. The van der Waals surface area contributed by atoms with E-state index in [2.05, 4.69) is 26.6 Å². The third-order valence-electron chi connectivity index (χ3n) is 3.34. The van der Waals surface area contributed by atoms with Gasteiger partial charge in [-0.05, 0) is 35.4 Å². The van der Waals surface area contributed by atoms with Crippen LogP contribution in [0.1, 0.15) is 16.9 Å². The summed E-state index contributed by atoms with van der Waals surface area (Å²) in [5, 5.41) is 5.90. The summed E-state index contributed by atoms with van der Waals surface area (Å²) in [4.78, 5) is 23.0. The van der Waals surface area contributed by atoms with Gasteiger partial charge in [-0.25, -0.2) is 0 Å². The maximum absolute atomic E-state index is 11.6. The van der Waals surface area contributed by atoms with Gasteiger partial charge < -0.3 is 15.1 Å². The van der Waals surface area contributed by atoms with Crippen LogP contribution >= 0.6 is 15.9 Å². The van der Waals surface area contributed by atoms with Crippen molar-refractivity contribution in [3.05, 3.63) is 51.9 Å². The van der Waals surface area contributed by atoms with Crippen LogP contribution in [0.2, 0.25) is 0 Å². The molecule has 6 heteroatoms. The topological polar surface area (TPSA) is 71.3 Å². The maximum Gasteiger partial charge on any atom is 0.292 e. The summed E-state index contributed by atoms with van der Waals surface area (Å²) in [5.74, 6) is -0.101. The van der Waals surface area contributed by atoms with Crippen molar-refractivity contribution in [2.75, 3.05) is 5.32 Å². The molecule has 0 bridgehead atoms. The van der Waals surface area contributed by atoms with Gasteiger partial charge in [0.15, 0.2) is 0 Å². The van der Waals surface area contributed by atoms with Crippen molar-refractivity contribution in [2.24, 2.45) is 0 Å². The monoisotopic (exact) mass is 348 g/mol. The Morgan fingerprint density at radius 3 is 2.90 bits per heavy atom. The molecule has 2 N–H and O–H groups in total. The van der Waals surface area contributed by atoms with E-state index < -0.39 is 11.7 Å². The number of halogens is 1. The number of fused-ring (bicyclic) bond motifs is 1. The van der Waals surface area contributed by atoms with Crippen molar-refractivity contribution in [1.82, 2.24) is 5.32 Å². The molecular formula is C15H13BrN2O3. The van der Waals surface area contributed by atoms with E-state index in [0.29, 0.717) is 18.8 Å². The van der Waals surface area contributed by atoms with E-state index in [1.165, 1.54) is 0 Å². The van der Waals surface area contributed by atoms with Gasteiger partial charge in [0, 0.05) is 23.1 Å². The molecule has 0 saturated heterocycles. The Hall–Kier alpha value is -1.92. The average Bonchev–Trinajstić information content (AvgIpc) is 2.94. The molecule has 0 radical (unpaired) electrons. The highest BCUT2D eigenvalue weighted by molar-refractivity contribution is 9.10. The highest BCUT2D eigenvalue weighted by Crippen LogP contribution is 2.29. The minimum Gasteiger partial charge on any atom is -0.468 e. The Bertz CT molecular complexity index is 695. The molecule has 0 unspecified atom stereocenters. The van der Waals surface area contributed by atoms with Crippen LogP contribution in [0.4, 0.5) is 5.69 Å². The Kier molecular flexibility index (Phi) is 3.90. The molecule has 0 saturated carbocycles. The van der Waals surface area contributed by atoms with Gasteiger partial charge in [0.1, 0.15) is 5.76 Å². The Morgan fingerprint density at radius 1 is 1.29 bits per heavy atom. The number of hydrogen-bond acceptors (Lipinski definition) is 4. The minimum absolute atomic E-state index is 0.145. The van der Waals surface area contributed by atoms with E-state index in [9.17, 15) is 9.59 Å². The molecule has 1 amide bonds. The van der Waals surface area contributed by atoms with E-state index >= 15 is 0 Å². The zero-order chi connectivity index (χ0) is 14.8. The van der Waals surface area contributed by atoms with E-state index in [1.54, 1.807) is 6.26 Å². The third-order valence-corrected chi connectivity index (χ3v) is 3.80. The summed E-state index contributed by atoms with van der Waals surface area (Å²) in [5.41, 5.74) is 2.55. The van der Waals surface area contributed by atoms with Gasteiger partial charge in [0.25, 0.3) is 5.91 Å². The van der Waals surface area contributed by atoms with Crippen LogP contribution < -0.4 is 10.6 Å². The summed E-state index contributed by atoms with van der Waals surface area (Å²) in [6.45, 7) is 1.19. The fourth-order valence-electron chi connectivity index (χ4n) is 2.34. The van der Waals surface area contributed by atoms with Gasteiger partial charge >= 0.3 is 0 Å². The first kappa shape index (κ1) is 14.0. The molecular weight excluding hydrogens is 336 g/mol. The van der Waals surface area contributed by atoms with Crippen molar-refractivity contribution >= 4 is 33.3 Å². The number of carbonyl (C=O) groups is 2. The van der Waals surface area contributed by atoms with Crippen LogP contribution in [0, 0.1) is 0 Å². The predicted molar refractivity (Wildman–Crippen MR) is 80.7 cm³/mol. The number of amides is 1. The molecule has 1 aromatic carbocycles. The lowest BCUT2D eigenvalue weighted by atomic mass is 9.96. The number of rotatable bonds is 4. The van der Waals surface area contributed by atoms with Crippen molar-refractivity contribution in [2.45, 2.75) is 19.5 Å². The second-order valence-electron chi connectivity index (χ2n) is 4.83. The van der Waals surface area contributed by atoms with Crippen LogP contribution in [-0.4, -0.2) is 11.7 Å². The predicted octanol–water partition coefficient (Wildman–Crippen LogP) is 2.40. The number of Topliss-reactive ketones (excluding diaryl/α,β-unsaturated/α-hetero) is 1. The van der Waals surface area contributed by atoms with Crippen molar-refractivity contribution < 1.29 is 14.0 Å². The van der Waals surface area contributed by atoms with Gasteiger partial charge in [0.05, 0.1) is 12.8 Å². The summed E-state index contributed by atoms with van der Waals surface area (Å²) in [7, 11) is 0. The summed E-state index contributed by atoms with van der Waals surface area (Å²) in [6.07, 6.45) is 1.78. The number of carbonyl (C=O) groups excluding carboxylic acids is 2. The normalized spacial score (nSPS) is 14.0. The van der Waals surface area contributed by atoms with Crippen molar-refractivity contribution in [3.63, 3.8) is 0 Å². The molecule has 21 heavy (non-hydrogen) atoms. The average molecular weight is 349 g/mol. The lowest BCUT2D eigenvalue weighted by molar-refractivity contribution is -0.134. The number of furan rings is 1. The minimum atomic E-state index is -0.546. The summed E-state index contributed by atoms with van der Waals surface area (Å²) in [6, 6.07) is 7.51. The molecule has 3 rings (SSSR count). The van der Waals surface area contributed by atoms with Crippen LogP contribution in [0.5, 0.6) is 0 Å². The fraction of sp³-hybridized carbons (Fsp3) is 0.200. The Morgan fingerprint density at radius 2 is 2.14 bits per heavy atom. The quantitative estimate of drug-likeness (QED) is 0.832. The maximum atomic E-state index is 11.6. The van der Waals surface area contributed by atoms with E-state index in [-0.39, 0.29) is 6.42 Å². The van der Waals surface area contributed by atoms with Gasteiger partial charge in [-0.1, -0.05) is 15.9 Å². The smallest absolute Gasteiger partial charge is 0.292 e. The molecule has 0 fully saturated rings. The number of benzene rings is 1. The zero-order valence-electron chi connectivity index (χ0n) is 11.1. The highest BCUT2D eigenvalue weighted by Gasteiger charge is 2.25. The van der Waals surface area contributed by atoms with Crippen LogP contribution in [0.3, 0.4) is 0 Å². The van der Waals surface area contributed by atoms with Gasteiger partial charge in [-0.15, -0.1) is 0 Å². The highest BCUT2D eigenvalue weighted by atomic mass is 79.9. The first-order valence-corrected chi connectivity index (χ1v) is 7.31. The lowest BCUT2D eigenvalue weighted by Crippen LogP contribution is -2.31.